The Labute approximate surface area is 120 Å². The summed E-state index contributed by atoms with van der Waals surface area (Å²) in [6.07, 6.45) is 0. The number of nitrogens with two attached hydrogens (primary N) is 1. The summed E-state index contributed by atoms with van der Waals surface area (Å²) in [7, 11) is 0. The average molecular weight is 287 g/mol. The molecule has 0 aromatic heterocycles. The normalized spacial score (nSPS) is 11.1. The van der Waals surface area contributed by atoms with E-state index in [2.05, 4.69) is 10.5 Å². The van der Waals surface area contributed by atoms with Crippen LogP contribution >= 0.6 is 0 Å². The Morgan fingerprint density at radius 3 is 2.29 bits per heavy atom. The lowest BCUT2D eigenvalue weighted by Crippen LogP contribution is -2.19. The maximum absolute atomic E-state index is 12.1. The minimum absolute atomic E-state index is 0.174. The van der Waals surface area contributed by atoms with E-state index in [0.717, 1.165) is 0 Å². The van der Waals surface area contributed by atoms with Gasteiger partial charge in [0.15, 0.2) is 5.84 Å². The van der Waals surface area contributed by atoms with Gasteiger partial charge in [-0.2, -0.15) is 0 Å². The zero-order valence-electron chi connectivity index (χ0n) is 10.8. The van der Waals surface area contributed by atoms with Crippen molar-refractivity contribution in [3.8, 4) is 11.5 Å². The smallest absolute Gasteiger partial charge is 0.263 e. The number of oxime groups is 1. The number of hydrogen-bond donors (Lipinski definition) is 5. The molecule has 0 aliphatic rings. The first-order chi connectivity index (χ1) is 10.0. The van der Waals surface area contributed by atoms with Crippen molar-refractivity contribution in [2.75, 3.05) is 5.32 Å². The van der Waals surface area contributed by atoms with Crippen LogP contribution in [0.3, 0.4) is 0 Å². The van der Waals surface area contributed by atoms with Crippen LogP contribution in [0.4, 0.5) is 5.69 Å². The van der Waals surface area contributed by atoms with Crippen molar-refractivity contribution in [3.05, 3.63) is 53.6 Å². The summed E-state index contributed by atoms with van der Waals surface area (Å²) in [6.45, 7) is 0. The van der Waals surface area contributed by atoms with Gasteiger partial charge >= 0.3 is 0 Å². The molecule has 21 heavy (non-hydrogen) atoms. The van der Waals surface area contributed by atoms with Crippen molar-refractivity contribution >= 4 is 17.4 Å². The number of hydrogen-bond acceptors (Lipinski definition) is 5. The third-order valence-corrected chi connectivity index (χ3v) is 2.81. The number of anilines is 1. The number of phenols is 2. The molecule has 0 heterocycles. The SMILES string of the molecule is N/C(=N/O)c1ccccc1NC(=O)c1c(O)cccc1O. The monoisotopic (exact) mass is 287 g/mol. The number of amides is 1. The molecule has 0 radical (unpaired) electrons. The van der Waals surface area contributed by atoms with Crippen LogP contribution in [0.2, 0.25) is 0 Å². The van der Waals surface area contributed by atoms with Crippen LogP contribution in [0, 0.1) is 0 Å². The van der Waals surface area contributed by atoms with Gasteiger partial charge in [0.25, 0.3) is 5.91 Å². The number of aromatic hydroxyl groups is 2. The van der Waals surface area contributed by atoms with Crippen LogP contribution in [0.25, 0.3) is 0 Å². The molecule has 0 saturated carbocycles. The Kier molecular flexibility index (Phi) is 3.94. The Hall–Kier alpha value is -3.22. The molecule has 1 amide bonds. The molecule has 108 valence electrons. The average Bonchev–Trinajstić information content (AvgIpc) is 2.47. The molecule has 6 N–H and O–H groups in total. The second-order valence-electron chi connectivity index (χ2n) is 4.16. The summed E-state index contributed by atoms with van der Waals surface area (Å²) in [6, 6.07) is 10.4. The first-order valence-corrected chi connectivity index (χ1v) is 5.93. The van der Waals surface area contributed by atoms with E-state index in [4.69, 9.17) is 10.9 Å². The van der Waals surface area contributed by atoms with E-state index < -0.39 is 5.91 Å². The second kappa shape index (κ2) is 5.83. The first kappa shape index (κ1) is 14.2. The molecule has 2 aromatic carbocycles. The summed E-state index contributed by atoms with van der Waals surface area (Å²) < 4.78 is 0. The number of carbonyl (C=O) groups is 1. The molecule has 0 aliphatic heterocycles. The molecule has 0 bridgehead atoms. The van der Waals surface area contributed by atoms with Crippen LogP contribution in [0.15, 0.2) is 47.6 Å². The topological polar surface area (TPSA) is 128 Å². The summed E-state index contributed by atoms with van der Waals surface area (Å²) >= 11 is 0. The van der Waals surface area contributed by atoms with Crippen molar-refractivity contribution in [1.29, 1.82) is 0 Å². The molecule has 0 unspecified atom stereocenters. The van der Waals surface area contributed by atoms with E-state index in [1.807, 2.05) is 0 Å². The molecular formula is C14H13N3O4. The van der Waals surface area contributed by atoms with Crippen molar-refractivity contribution < 1.29 is 20.2 Å². The highest BCUT2D eigenvalue weighted by Gasteiger charge is 2.17. The van der Waals surface area contributed by atoms with E-state index in [-0.39, 0.29) is 28.6 Å². The number of rotatable bonds is 3. The predicted molar refractivity (Wildman–Crippen MR) is 76.7 cm³/mol. The molecule has 7 nitrogen and oxygen atoms in total. The summed E-state index contributed by atoms with van der Waals surface area (Å²) in [5, 5.41) is 33.4. The molecule has 7 heteroatoms. The van der Waals surface area contributed by atoms with Crippen molar-refractivity contribution in [3.63, 3.8) is 0 Å². The van der Waals surface area contributed by atoms with Gasteiger partial charge in [-0.1, -0.05) is 23.4 Å². The van der Waals surface area contributed by atoms with Gasteiger partial charge in [-0.05, 0) is 24.3 Å². The second-order valence-corrected chi connectivity index (χ2v) is 4.16. The van der Waals surface area contributed by atoms with Crippen LogP contribution < -0.4 is 11.1 Å². The van der Waals surface area contributed by atoms with E-state index in [1.165, 1.54) is 18.2 Å². The third kappa shape index (κ3) is 2.86. The van der Waals surface area contributed by atoms with Crippen molar-refractivity contribution in [2.45, 2.75) is 0 Å². The minimum atomic E-state index is -0.719. The highest BCUT2D eigenvalue weighted by molar-refractivity contribution is 6.11. The lowest BCUT2D eigenvalue weighted by Gasteiger charge is -2.11. The molecule has 0 aliphatic carbocycles. The maximum atomic E-state index is 12.1. The van der Waals surface area contributed by atoms with Gasteiger partial charge in [0.05, 0.1) is 5.69 Å². The number of para-hydroxylation sites is 1. The zero-order valence-corrected chi connectivity index (χ0v) is 10.8. The summed E-state index contributed by atoms with van der Waals surface area (Å²) in [4.78, 5) is 12.1. The zero-order chi connectivity index (χ0) is 15.4. The molecular weight excluding hydrogens is 274 g/mol. The lowest BCUT2D eigenvalue weighted by molar-refractivity contribution is 0.102. The summed E-state index contributed by atoms with van der Waals surface area (Å²) in [5.41, 5.74) is 5.85. The number of amidine groups is 1. The van der Waals surface area contributed by atoms with E-state index in [1.54, 1.807) is 24.3 Å². The highest BCUT2D eigenvalue weighted by Crippen LogP contribution is 2.27. The van der Waals surface area contributed by atoms with Gasteiger partial charge in [-0.25, -0.2) is 0 Å². The van der Waals surface area contributed by atoms with E-state index in [9.17, 15) is 15.0 Å². The maximum Gasteiger partial charge on any atom is 0.263 e. The van der Waals surface area contributed by atoms with E-state index >= 15 is 0 Å². The summed E-state index contributed by atoms with van der Waals surface area (Å²) in [5.74, 6) is -1.60. The number of nitrogens with one attached hydrogen (secondary N) is 1. The first-order valence-electron chi connectivity index (χ1n) is 5.93. The highest BCUT2D eigenvalue weighted by atomic mass is 16.4. The molecule has 0 saturated heterocycles. The van der Waals surface area contributed by atoms with Gasteiger partial charge in [-0.15, -0.1) is 0 Å². The van der Waals surface area contributed by atoms with Crippen LogP contribution in [-0.4, -0.2) is 27.2 Å². The van der Waals surface area contributed by atoms with Gasteiger partial charge in [-0.3, -0.25) is 4.79 Å². The predicted octanol–water partition coefficient (Wildman–Crippen LogP) is 1.44. The van der Waals surface area contributed by atoms with Gasteiger partial charge in [0.2, 0.25) is 0 Å². The fraction of sp³-hybridized carbons (Fsp3) is 0. The van der Waals surface area contributed by atoms with Gasteiger partial charge in [0.1, 0.15) is 17.1 Å². The Balaban J connectivity index is 2.37. The molecule has 2 rings (SSSR count). The standard InChI is InChI=1S/C14H13N3O4/c15-13(17-21)8-4-1-2-5-9(8)16-14(20)12-10(18)6-3-7-11(12)19/h1-7,18-19,21H,(H2,15,17)(H,16,20). The largest absolute Gasteiger partial charge is 0.507 e. The minimum Gasteiger partial charge on any atom is -0.507 e. The molecule has 2 aromatic rings. The molecule has 0 atom stereocenters. The Bertz CT molecular complexity index is 693. The van der Waals surface area contributed by atoms with Crippen molar-refractivity contribution in [2.24, 2.45) is 10.9 Å². The fourth-order valence-corrected chi connectivity index (χ4v) is 1.82. The Morgan fingerprint density at radius 2 is 1.67 bits per heavy atom. The van der Waals surface area contributed by atoms with Crippen LogP contribution in [0.1, 0.15) is 15.9 Å². The number of phenolic OH excluding ortho intramolecular Hbond substituents is 2. The number of carbonyl (C=O) groups excluding carboxylic acids is 1. The van der Waals surface area contributed by atoms with Crippen molar-refractivity contribution in [1.82, 2.24) is 0 Å². The fourth-order valence-electron chi connectivity index (χ4n) is 1.82. The number of nitrogens with zero attached hydrogens (tertiary/aromatic N) is 1. The van der Waals surface area contributed by atoms with Gasteiger partial charge in [0, 0.05) is 5.56 Å². The van der Waals surface area contributed by atoms with E-state index in [0.29, 0.717) is 5.56 Å². The number of benzene rings is 2. The lowest BCUT2D eigenvalue weighted by atomic mass is 10.1. The van der Waals surface area contributed by atoms with Gasteiger partial charge < -0.3 is 26.5 Å². The molecule has 0 fully saturated rings. The Morgan fingerprint density at radius 1 is 1.05 bits per heavy atom. The molecule has 0 spiro atoms. The quantitative estimate of drug-likeness (QED) is 0.252. The van der Waals surface area contributed by atoms with Crippen LogP contribution in [0.5, 0.6) is 11.5 Å². The third-order valence-electron chi connectivity index (χ3n) is 2.81. The van der Waals surface area contributed by atoms with Crippen LogP contribution in [-0.2, 0) is 0 Å².